The average Bonchev–Trinajstić information content (AvgIpc) is 3.09. The molecule has 7 rings (SSSR count). The number of nitrogens with zero attached hydrogens (tertiary/aromatic N) is 6. The number of hydrogen-bond donors (Lipinski definition) is 0. The van der Waals surface area contributed by atoms with Gasteiger partial charge in [0.2, 0.25) is 11.5 Å². The van der Waals surface area contributed by atoms with Gasteiger partial charge in [-0.05, 0) is 43.4 Å². The second-order valence-corrected chi connectivity index (χ2v) is 10.7. The Bertz CT molecular complexity index is 1470. The van der Waals surface area contributed by atoms with Crippen LogP contribution in [0, 0.1) is 5.41 Å². The summed E-state index contributed by atoms with van der Waals surface area (Å²) in [6.07, 6.45) is -0.169. The van der Waals surface area contributed by atoms with Crippen molar-refractivity contribution in [2.24, 2.45) is 19.5 Å². The van der Waals surface area contributed by atoms with Crippen molar-refractivity contribution in [1.82, 2.24) is 24.1 Å². The Labute approximate surface area is 205 Å². The fourth-order valence-electron chi connectivity index (χ4n) is 6.13. The lowest BCUT2D eigenvalue weighted by molar-refractivity contribution is -0.337. The highest BCUT2D eigenvalue weighted by molar-refractivity contribution is 5.81. The van der Waals surface area contributed by atoms with Gasteiger partial charge in [0.05, 0.1) is 17.7 Å². The number of fused-ring (bicyclic) bond motifs is 1. The first-order chi connectivity index (χ1) is 16.9. The molecule has 4 heterocycles. The molecule has 3 aromatic rings. The lowest BCUT2D eigenvalue weighted by Crippen LogP contribution is -2.70. The van der Waals surface area contributed by atoms with Crippen LogP contribution in [0.15, 0.2) is 29.2 Å². The Morgan fingerprint density at radius 3 is 2.47 bits per heavy atom. The van der Waals surface area contributed by atoms with Crippen LogP contribution in [0.4, 0.5) is 19.1 Å². The summed E-state index contributed by atoms with van der Waals surface area (Å²) in [4.78, 5) is 28.0. The van der Waals surface area contributed by atoms with Crippen molar-refractivity contribution in [3.8, 4) is 0 Å². The van der Waals surface area contributed by atoms with Gasteiger partial charge in [0.1, 0.15) is 11.6 Å². The quantitative estimate of drug-likeness (QED) is 0.544. The number of hydrogen-bond acceptors (Lipinski definition) is 6. The maximum absolute atomic E-state index is 13.6. The van der Waals surface area contributed by atoms with Crippen LogP contribution in [-0.2, 0) is 24.2 Å². The van der Waals surface area contributed by atoms with E-state index >= 15 is 0 Å². The van der Waals surface area contributed by atoms with Crippen molar-refractivity contribution in [1.29, 1.82) is 0 Å². The van der Waals surface area contributed by atoms with Crippen molar-refractivity contribution >= 4 is 22.7 Å². The Hall–Kier alpha value is -3.21. The predicted octanol–water partition coefficient (Wildman–Crippen LogP) is 3.66. The fourth-order valence-corrected chi connectivity index (χ4v) is 6.13. The monoisotopic (exact) mass is 500 g/mol. The van der Waals surface area contributed by atoms with Crippen molar-refractivity contribution in [3.05, 3.63) is 51.8 Å². The number of anilines is 1. The standard InChI is InChI=1S/C25H27F3N6O2/c1-32(2)22-31-21-18(34(22)4)19(23-11-24(12-23,13-23)25(26,27)28)29-20(30-21)14-7-8-36-16(9-14)15-5-6-17(35)33(3)10-15/h5-6,9-10,16H,7-8,11-13H2,1-4H3. The first kappa shape index (κ1) is 23.2. The first-order valence-corrected chi connectivity index (χ1v) is 11.9. The molecule has 0 N–H and O–H groups in total. The normalized spacial score (nSPS) is 27.4. The van der Waals surface area contributed by atoms with E-state index in [-0.39, 0.29) is 30.9 Å². The first-order valence-electron chi connectivity index (χ1n) is 11.9. The van der Waals surface area contributed by atoms with E-state index in [4.69, 9.17) is 19.7 Å². The summed E-state index contributed by atoms with van der Waals surface area (Å²) in [5, 5.41) is 0. The van der Waals surface area contributed by atoms with Crippen LogP contribution in [-0.4, -0.2) is 51.0 Å². The molecule has 3 fully saturated rings. The van der Waals surface area contributed by atoms with E-state index in [1.54, 1.807) is 19.3 Å². The zero-order valence-electron chi connectivity index (χ0n) is 20.6. The third-order valence-electron chi connectivity index (χ3n) is 7.99. The Balaban J connectivity index is 1.46. The van der Waals surface area contributed by atoms with E-state index in [2.05, 4.69) is 0 Å². The summed E-state index contributed by atoms with van der Waals surface area (Å²) in [5.41, 5.74) is 1.22. The van der Waals surface area contributed by atoms with Gasteiger partial charge in [-0.15, -0.1) is 0 Å². The largest absolute Gasteiger partial charge is 0.394 e. The molecule has 3 aromatic heterocycles. The summed E-state index contributed by atoms with van der Waals surface area (Å²) in [5.74, 6) is 1.14. The van der Waals surface area contributed by atoms with Gasteiger partial charge in [0.25, 0.3) is 0 Å². The maximum Gasteiger partial charge on any atom is 0.394 e. The van der Waals surface area contributed by atoms with E-state index in [0.29, 0.717) is 41.7 Å². The number of halogens is 3. The molecule has 0 saturated heterocycles. The van der Waals surface area contributed by atoms with E-state index in [9.17, 15) is 18.0 Å². The molecule has 2 bridgehead atoms. The topological polar surface area (TPSA) is 78.1 Å². The highest BCUT2D eigenvalue weighted by Gasteiger charge is 2.79. The van der Waals surface area contributed by atoms with Gasteiger partial charge < -0.3 is 18.8 Å². The molecule has 3 saturated carbocycles. The molecule has 0 aromatic carbocycles. The molecule has 11 heteroatoms. The molecule has 4 aliphatic rings. The zero-order valence-corrected chi connectivity index (χ0v) is 20.6. The Kier molecular flexibility index (Phi) is 4.77. The summed E-state index contributed by atoms with van der Waals surface area (Å²) in [6, 6.07) is 3.24. The van der Waals surface area contributed by atoms with Crippen LogP contribution in [0.5, 0.6) is 0 Å². The predicted molar refractivity (Wildman–Crippen MR) is 128 cm³/mol. The van der Waals surface area contributed by atoms with Crippen LogP contribution in [0.2, 0.25) is 0 Å². The third kappa shape index (κ3) is 3.17. The molecule has 0 amide bonds. The smallest absolute Gasteiger partial charge is 0.369 e. The van der Waals surface area contributed by atoms with E-state index in [0.717, 1.165) is 11.1 Å². The molecule has 190 valence electrons. The molecule has 0 spiro atoms. The number of ether oxygens (including phenoxy) is 1. The number of alkyl halides is 3. The van der Waals surface area contributed by atoms with Gasteiger partial charge in [0.15, 0.2) is 11.5 Å². The van der Waals surface area contributed by atoms with Crippen molar-refractivity contribution in [3.63, 3.8) is 0 Å². The molecular weight excluding hydrogens is 473 g/mol. The van der Waals surface area contributed by atoms with Crippen molar-refractivity contribution in [2.45, 2.75) is 43.4 Å². The minimum atomic E-state index is -4.20. The number of aryl methyl sites for hydroxylation is 2. The summed E-state index contributed by atoms with van der Waals surface area (Å²) >= 11 is 0. The molecular formula is C25H27F3N6O2. The molecule has 1 unspecified atom stereocenters. The number of pyridine rings is 1. The molecule has 3 aliphatic carbocycles. The van der Waals surface area contributed by atoms with Gasteiger partial charge in [-0.2, -0.15) is 18.2 Å². The van der Waals surface area contributed by atoms with Crippen LogP contribution in [0.25, 0.3) is 16.7 Å². The molecule has 8 nitrogen and oxygen atoms in total. The highest BCUT2D eigenvalue weighted by atomic mass is 19.4. The minimum absolute atomic E-state index is 0.0559. The Morgan fingerprint density at radius 1 is 1.11 bits per heavy atom. The average molecular weight is 501 g/mol. The van der Waals surface area contributed by atoms with Gasteiger partial charge in [0, 0.05) is 51.4 Å². The lowest BCUT2D eigenvalue weighted by atomic mass is 9.34. The summed E-state index contributed by atoms with van der Waals surface area (Å²) in [6.45, 7) is 0.434. The fraction of sp³-hybridized carbons (Fsp3) is 0.520. The van der Waals surface area contributed by atoms with Gasteiger partial charge >= 0.3 is 6.18 Å². The van der Waals surface area contributed by atoms with Crippen LogP contribution < -0.4 is 10.5 Å². The maximum atomic E-state index is 13.6. The summed E-state index contributed by atoms with van der Waals surface area (Å²) in [7, 11) is 7.27. The second-order valence-electron chi connectivity index (χ2n) is 10.7. The van der Waals surface area contributed by atoms with Gasteiger partial charge in [-0.1, -0.05) is 0 Å². The van der Waals surface area contributed by atoms with Crippen molar-refractivity contribution in [2.75, 3.05) is 25.6 Å². The van der Waals surface area contributed by atoms with Gasteiger partial charge in [-0.25, -0.2) is 9.97 Å². The molecule has 36 heavy (non-hydrogen) atoms. The molecule has 1 aliphatic heterocycles. The van der Waals surface area contributed by atoms with Crippen LogP contribution in [0.3, 0.4) is 0 Å². The zero-order chi connectivity index (χ0) is 25.6. The van der Waals surface area contributed by atoms with Gasteiger partial charge in [-0.3, -0.25) is 4.79 Å². The van der Waals surface area contributed by atoms with Crippen molar-refractivity contribution < 1.29 is 17.9 Å². The third-order valence-corrected chi connectivity index (χ3v) is 7.99. The van der Waals surface area contributed by atoms with E-state index in [1.165, 1.54) is 10.6 Å². The van der Waals surface area contributed by atoms with E-state index < -0.39 is 17.0 Å². The SMILES string of the molecule is CN(C)c1nc2nc(C3=CC(c4ccc(=O)n(C)c4)OCC3)nc(C34CC(C(F)(F)F)(C3)C4)c2n1C. The Morgan fingerprint density at radius 2 is 1.83 bits per heavy atom. The minimum Gasteiger partial charge on any atom is -0.369 e. The van der Waals surface area contributed by atoms with Crippen LogP contribution >= 0.6 is 0 Å². The number of imidazole rings is 1. The number of aromatic nitrogens is 5. The van der Waals surface area contributed by atoms with E-state index in [1.807, 2.05) is 36.7 Å². The van der Waals surface area contributed by atoms with Crippen LogP contribution in [0.1, 0.15) is 48.9 Å². The number of rotatable bonds is 4. The lowest BCUT2D eigenvalue weighted by Gasteiger charge is -2.70. The summed E-state index contributed by atoms with van der Waals surface area (Å²) < 4.78 is 50.2. The highest BCUT2D eigenvalue weighted by Crippen LogP contribution is 2.78. The molecule has 0 radical (unpaired) electrons. The second kappa shape index (κ2) is 7.41. The molecule has 1 atom stereocenters.